The molecule has 1 aromatic rings. The molecule has 1 nitrogen and oxygen atoms in total. The summed E-state index contributed by atoms with van der Waals surface area (Å²) >= 11 is 5.72. The van der Waals surface area contributed by atoms with Gasteiger partial charge in [0.05, 0.1) is 5.60 Å². The van der Waals surface area contributed by atoms with Crippen LogP contribution in [-0.2, 0) is 5.60 Å². The second kappa shape index (κ2) is 4.34. The van der Waals surface area contributed by atoms with E-state index in [0.717, 1.165) is 19.3 Å². The minimum absolute atomic E-state index is 0.156. The molecular weight excluding hydrogens is 227 g/mol. The zero-order valence-corrected chi connectivity index (χ0v) is 10.1. The molecule has 1 fully saturated rings. The highest BCUT2D eigenvalue weighted by Crippen LogP contribution is 2.46. The Bertz CT molecular complexity index is 394. The Hall–Kier alpha value is -0.600. The molecule has 0 radical (unpaired) electrons. The Kier molecular flexibility index (Phi) is 3.22. The molecule has 1 aliphatic rings. The molecular formula is C13H16ClFO. The molecule has 0 heterocycles. The summed E-state index contributed by atoms with van der Waals surface area (Å²) in [6.45, 7) is 2.04. The van der Waals surface area contributed by atoms with Crippen LogP contribution >= 0.6 is 11.6 Å². The minimum atomic E-state index is -0.997. The van der Waals surface area contributed by atoms with Gasteiger partial charge < -0.3 is 5.11 Å². The lowest BCUT2D eigenvalue weighted by atomic mass is 9.82. The summed E-state index contributed by atoms with van der Waals surface area (Å²) in [5, 5.41) is 11.0. The van der Waals surface area contributed by atoms with Gasteiger partial charge in [0.15, 0.2) is 0 Å². The summed E-state index contributed by atoms with van der Waals surface area (Å²) in [6.07, 6.45) is 3.44. The average molecular weight is 243 g/mol. The van der Waals surface area contributed by atoms with E-state index in [4.69, 9.17) is 11.6 Å². The zero-order chi connectivity index (χ0) is 11.8. The first-order valence-electron chi connectivity index (χ1n) is 5.76. The third-order valence-corrected chi connectivity index (χ3v) is 3.91. The van der Waals surface area contributed by atoms with Crippen molar-refractivity contribution in [3.05, 3.63) is 34.6 Å². The fourth-order valence-electron chi connectivity index (χ4n) is 2.80. The number of halogens is 2. The number of benzene rings is 1. The van der Waals surface area contributed by atoms with Gasteiger partial charge in [0.2, 0.25) is 0 Å². The van der Waals surface area contributed by atoms with Crippen molar-refractivity contribution in [3.8, 4) is 0 Å². The van der Waals surface area contributed by atoms with Crippen LogP contribution < -0.4 is 0 Å². The van der Waals surface area contributed by atoms with E-state index in [1.807, 2.05) is 6.92 Å². The van der Waals surface area contributed by atoms with E-state index in [0.29, 0.717) is 17.0 Å². The minimum Gasteiger partial charge on any atom is -0.385 e. The summed E-state index contributed by atoms with van der Waals surface area (Å²) in [5.74, 6) is -0.237. The molecule has 88 valence electrons. The summed E-state index contributed by atoms with van der Waals surface area (Å²) < 4.78 is 13.8. The number of hydrogen-bond donors (Lipinski definition) is 1. The summed E-state index contributed by atoms with van der Waals surface area (Å²) in [5.41, 5.74) is -0.593. The third-order valence-electron chi connectivity index (χ3n) is 3.68. The lowest BCUT2D eigenvalue weighted by Crippen LogP contribution is -2.30. The van der Waals surface area contributed by atoms with Crippen LogP contribution in [0.25, 0.3) is 0 Å². The molecule has 2 unspecified atom stereocenters. The first-order valence-corrected chi connectivity index (χ1v) is 6.13. The van der Waals surface area contributed by atoms with Crippen LogP contribution in [0.4, 0.5) is 4.39 Å². The molecule has 2 atom stereocenters. The molecule has 1 aromatic carbocycles. The van der Waals surface area contributed by atoms with Crippen LogP contribution in [-0.4, -0.2) is 5.11 Å². The van der Waals surface area contributed by atoms with Gasteiger partial charge in [-0.05, 0) is 37.3 Å². The van der Waals surface area contributed by atoms with E-state index in [1.54, 1.807) is 12.1 Å². The summed E-state index contributed by atoms with van der Waals surface area (Å²) in [6, 6.07) is 4.54. The van der Waals surface area contributed by atoms with Crippen molar-refractivity contribution in [2.24, 2.45) is 5.92 Å². The molecule has 0 saturated heterocycles. The van der Waals surface area contributed by atoms with E-state index < -0.39 is 11.4 Å². The second-order valence-electron chi connectivity index (χ2n) is 4.55. The van der Waals surface area contributed by atoms with Gasteiger partial charge in [0.25, 0.3) is 0 Å². The highest BCUT2D eigenvalue weighted by atomic mass is 35.5. The molecule has 1 saturated carbocycles. The fraction of sp³-hybridized carbons (Fsp3) is 0.538. The fourth-order valence-corrected chi connectivity index (χ4v) is 2.96. The predicted octanol–water partition coefficient (Wildman–Crippen LogP) is 3.88. The lowest BCUT2D eigenvalue weighted by Gasteiger charge is -2.30. The smallest absolute Gasteiger partial charge is 0.130 e. The van der Waals surface area contributed by atoms with Gasteiger partial charge in [-0.25, -0.2) is 4.39 Å². The zero-order valence-electron chi connectivity index (χ0n) is 9.34. The number of rotatable bonds is 2. The van der Waals surface area contributed by atoms with Crippen molar-refractivity contribution >= 4 is 11.6 Å². The van der Waals surface area contributed by atoms with Gasteiger partial charge in [0, 0.05) is 10.6 Å². The van der Waals surface area contributed by atoms with Gasteiger partial charge in [0.1, 0.15) is 5.82 Å². The summed E-state index contributed by atoms with van der Waals surface area (Å²) in [4.78, 5) is 0. The van der Waals surface area contributed by atoms with Gasteiger partial charge in [-0.3, -0.25) is 0 Å². The predicted molar refractivity (Wildman–Crippen MR) is 62.9 cm³/mol. The summed E-state index contributed by atoms with van der Waals surface area (Å²) in [7, 11) is 0. The Morgan fingerprint density at radius 3 is 2.94 bits per heavy atom. The van der Waals surface area contributed by atoms with Crippen LogP contribution in [0.2, 0.25) is 5.02 Å². The van der Waals surface area contributed by atoms with Gasteiger partial charge in [-0.2, -0.15) is 0 Å². The molecule has 0 aromatic heterocycles. The normalized spacial score (nSPS) is 29.6. The maximum atomic E-state index is 13.8. The van der Waals surface area contributed by atoms with Crippen LogP contribution in [0.3, 0.4) is 0 Å². The molecule has 16 heavy (non-hydrogen) atoms. The first-order chi connectivity index (χ1) is 7.58. The maximum absolute atomic E-state index is 13.8. The van der Waals surface area contributed by atoms with Crippen molar-refractivity contribution < 1.29 is 9.50 Å². The van der Waals surface area contributed by atoms with E-state index in [2.05, 4.69) is 0 Å². The monoisotopic (exact) mass is 242 g/mol. The van der Waals surface area contributed by atoms with Crippen molar-refractivity contribution in [2.45, 2.75) is 38.2 Å². The Morgan fingerprint density at radius 1 is 1.56 bits per heavy atom. The van der Waals surface area contributed by atoms with E-state index in [9.17, 15) is 9.50 Å². The SMILES string of the molecule is CCC1CCCC1(O)c1ccc(Cl)cc1F. The molecule has 0 spiro atoms. The highest BCUT2D eigenvalue weighted by molar-refractivity contribution is 6.30. The Labute approximate surface area is 100 Å². The molecule has 1 aliphatic carbocycles. The lowest BCUT2D eigenvalue weighted by molar-refractivity contribution is -0.00702. The van der Waals surface area contributed by atoms with Crippen LogP contribution in [0.15, 0.2) is 18.2 Å². The largest absolute Gasteiger partial charge is 0.385 e. The van der Waals surface area contributed by atoms with E-state index >= 15 is 0 Å². The van der Waals surface area contributed by atoms with Gasteiger partial charge in [-0.15, -0.1) is 0 Å². The topological polar surface area (TPSA) is 20.2 Å². The number of aliphatic hydroxyl groups is 1. The molecule has 2 rings (SSSR count). The third kappa shape index (κ3) is 1.85. The molecule has 1 N–H and O–H groups in total. The van der Waals surface area contributed by atoms with Crippen molar-refractivity contribution in [3.63, 3.8) is 0 Å². The van der Waals surface area contributed by atoms with Crippen LogP contribution in [0.5, 0.6) is 0 Å². The standard InChI is InChI=1S/C13H16ClFO/c1-2-9-4-3-7-13(9,16)11-6-5-10(14)8-12(11)15/h5-6,8-9,16H,2-4,7H2,1H3. The van der Waals surface area contributed by atoms with Crippen molar-refractivity contribution in [2.75, 3.05) is 0 Å². The highest BCUT2D eigenvalue weighted by Gasteiger charge is 2.42. The number of hydrogen-bond acceptors (Lipinski definition) is 1. The maximum Gasteiger partial charge on any atom is 0.130 e. The van der Waals surface area contributed by atoms with E-state index in [1.165, 1.54) is 6.07 Å². The first kappa shape index (κ1) is 11.9. The van der Waals surface area contributed by atoms with Crippen molar-refractivity contribution in [1.82, 2.24) is 0 Å². The van der Waals surface area contributed by atoms with Gasteiger partial charge in [-0.1, -0.05) is 31.0 Å². The quantitative estimate of drug-likeness (QED) is 0.835. The van der Waals surface area contributed by atoms with Gasteiger partial charge >= 0.3 is 0 Å². The second-order valence-corrected chi connectivity index (χ2v) is 4.98. The average Bonchev–Trinajstić information content (AvgIpc) is 2.60. The van der Waals surface area contributed by atoms with E-state index in [-0.39, 0.29) is 5.92 Å². The molecule has 0 amide bonds. The molecule has 3 heteroatoms. The molecule has 0 aliphatic heterocycles. The van der Waals surface area contributed by atoms with Crippen LogP contribution in [0.1, 0.15) is 38.2 Å². The molecule has 0 bridgehead atoms. The van der Waals surface area contributed by atoms with Crippen molar-refractivity contribution in [1.29, 1.82) is 0 Å². The Balaban J connectivity index is 2.42. The Morgan fingerprint density at radius 2 is 2.31 bits per heavy atom. The van der Waals surface area contributed by atoms with Crippen LogP contribution in [0, 0.1) is 11.7 Å².